The molecule has 3 nitrogen and oxygen atoms in total. The molecule has 0 saturated heterocycles. The van der Waals surface area contributed by atoms with E-state index in [-0.39, 0.29) is 4.90 Å². The number of nitrogens with two attached hydrogens (primary N) is 1. The summed E-state index contributed by atoms with van der Waals surface area (Å²) in [5.41, 5.74) is -7.84. The number of rotatable bonds is 2. The lowest BCUT2D eigenvalue weighted by Crippen LogP contribution is -2.54. The number of allylic oxidation sites excluding steroid dienone is 4. The SMILES string of the molecule is N#CC1=C(N)N(c2ccccc2)C(C=C(C(F)(F)F)C(F)(F)F)=CC1(C(F)(F)F)C(F)(F)F. The van der Waals surface area contributed by atoms with E-state index in [1.54, 1.807) is 0 Å². The van der Waals surface area contributed by atoms with E-state index in [1.807, 2.05) is 0 Å². The number of nitriles is 1. The van der Waals surface area contributed by atoms with Crippen molar-refractivity contribution >= 4 is 5.69 Å². The number of nitrogens with zero attached hydrogens (tertiary/aromatic N) is 2. The summed E-state index contributed by atoms with van der Waals surface area (Å²) < 4.78 is 160. The quantitative estimate of drug-likeness (QED) is 0.494. The lowest BCUT2D eigenvalue weighted by atomic mass is 9.75. The molecule has 0 amide bonds. The van der Waals surface area contributed by atoms with Crippen LogP contribution in [0.2, 0.25) is 0 Å². The van der Waals surface area contributed by atoms with Crippen molar-refractivity contribution in [3.63, 3.8) is 0 Å². The monoisotopic (exact) mass is 495 g/mol. The van der Waals surface area contributed by atoms with Crippen molar-refractivity contribution in [2.24, 2.45) is 11.1 Å². The van der Waals surface area contributed by atoms with Gasteiger partial charge in [0.2, 0.25) is 5.41 Å². The largest absolute Gasteiger partial charge is 0.421 e. The second kappa shape index (κ2) is 7.92. The highest BCUT2D eigenvalue weighted by atomic mass is 19.4. The number of benzene rings is 1. The van der Waals surface area contributed by atoms with E-state index >= 15 is 0 Å². The third-order valence-electron chi connectivity index (χ3n) is 4.44. The molecule has 33 heavy (non-hydrogen) atoms. The zero-order valence-corrected chi connectivity index (χ0v) is 15.5. The maximum Gasteiger partial charge on any atom is 0.421 e. The molecule has 1 aliphatic rings. The Morgan fingerprint density at radius 3 is 1.67 bits per heavy atom. The van der Waals surface area contributed by atoms with E-state index in [1.165, 1.54) is 6.07 Å². The van der Waals surface area contributed by atoms with Gasteiger partial charge in [-0.25, -0.2) is 0 Å². The molecule has 1 aromatic carbocycles. The maximum absolute atomic E-state index is 13.7. The summed E-state index contributed by atoms with van der Waals surface area (Å²) >= 11 is 0. The number of anilines is 1. The van der Waals surface area contributed by atoms with Crippen LogP contribution in [-0.4, -0.2) is 24.7 Å². The summed E-state index contributed by atoms with van der Waals surface area (Å²) in [7, 11) is 0. The van der Waals surface area contributed by atoms with Crippen LogP contribution < -0.4 is 10.6 Å². The van der Waals surface area contributed by atoms with Crippen molar-refractivity contribution in [2.45, 2.75) is 24.7 Å². The Balaban J connectivity index is 3.08. The first-order chi connectivity index (χ1) is 14.8. The second-order valence-corrected chi connectivity index (χ2v) is 6.47. The van der Waals surface area contributed by atoms with Crippen molar-refractivity contribution in [3.8, 4) is 6.07 Å². The van der Waals surface area contributed by atoms with Gasteiger partial charge >= 0.3 is 24.7 Å². The first-order valence-corrected chi connectivity index (χ1v) is 8.27. The van der Waals surface area contributed by atoms with E-state index in [2.05, 4.69) is 0 Å². The van der Waals surface area contributed by atoms with Crippen LogP contribution in [0.3, 0.4) is 0 Å². The fourth-order valence-corrected chi connectivity index (χ4v) is 3.01. The topological polar surface area (TPSA) is 53.1 Å². The fourth-order valence-electron chi connectivity index (χ4n) is 3.01. The number of halogens is 12. The molecule has 0 spiro atoms. The van der Waals surface area contributed by atoms with Crippen LogP contribution >= 0.6 is 0 Å². The van der Waals surface area contributed by atoms with E-state index < -0.39 is 70.6 Å². The number of hydrogen-bond donors (Lipinski definition) is 1. The average molecular weight is 495 g/mol. The normalized spacial score (nSPS) is 17.4. The molecule has 180 valence electrons. The molecule has 1 aliphatic heterocycles. The highest BCUT2D eigenvalue weighted by Crippen LogP contribution is 2.59. The highest BCUT2D eigenvalue weighted by Gasteiger charge is 2.74. The van der Waals surface area contributed by atoms with Crippen molar-refractivity contribution < 1.29 is 52.7 Å². The van der Waals surface area contributed by atoms with Gasteiger partial charge < -0.3 is 5.73 Å². The maximum atomic E-state index is 13.7. The molecule has 1 heterocycles. The average Bonchev–Trinajstić information content (AvgIpc) is 2.62. The van der Waals surface area contributed by atoms with Crippen LogP contribution in [-0.2, 0) is 0 Å². The minimum atomic E-state index is -6.42. The zero-order chi connectivity index (χ0) is 25.6. The first kappa shape index (κ1) is 25.9. The zero-order valence-electron chi connectivity index (χ0n) is 15.5. The fraction of sp³-hybridized carbons (Fsp3) is 0.278. The van der Waals surface area contributed by atoms with Gasteiger partial charge in [0.15, 0.2) is 0 Å². The molecule has 15 heteroatoms. The molecule has 0 atom stereocenters. The number of para-hydroxylation sites is 1. The summed E-state index contributed by atoms with van der Waals surface area (Å²) in [6.45, 7) is 0. The van der Waals surface area contributed by atoms with Gasteiger partial charge in [0, 0.05) is 11.4 Å². The Hall–Kier alpha value is -3.31. The van der Waals surface area contributed by atoms with E-state index in [0.717, 1.165) is 24.3 Å². The molecule has 0 aromatic heterocycles. The Morgan fingerprint density at radius 2 is 1.30 bits per heavy atom. The van der Waals surface area contributed by atoms with Crippen molar-refractivity contribution in [2.75, 3.05) is 4.90 Å². The summed E-state index contributed by atoms with van der Waals surface area (Å²) in [6, 6.07) is 6.04. The van der Waals surface area contributed by atoms with Crippen LogP contribution in [0, 0.1) is 16.7 Å². The first-order valence-electron chi connectivity index (χ1n) is 8.27. The van der Waals surface area contributed by atoms with Gasteiger partial charge in [-0.15, -0.1) is 0 Å². The molecule has 2 rings (SSSR count). The minimum Gasteiger partial charge on any atom is -0.384 e. The van der Waals surface area contributed by atoms with Crippen LogP contribution in [0.1, 0.15) is 0 Å². The van der Waals surface area contributed by atoms with Crippen LogP contribution in [0.25, 0.3) is 0 Å². The van der Waals surface area contributed by atoms with Gasteiger partial charge in [0.05, 0.1) is 5.57 Å². The Morgan fingerprint density at radius 1 is 0.848 bits per heavy atom. The van der Waals surface area contributed by atoms with Gasteiger partial charge in [0.1, 0.15) is 17.5 Å². The van der Waals surface area contributed by atoms with Crippen molar-refractivity contribution in [1.29, 1.82) is 5.26 Å². The summed E-state index contributed by atoms with van der Waals surface area (Å²) in [5.74, 6) is -1.66. The van der Waals surface area contributed by atoms with E-state index in [9.17, 15) is 52.7 Å². The molecular weight excluding hydrogens is 486 g/mol. The van der Waals surface area contributed by atoms with Gasteiger partial charge in [-0.05, 0) is 24.3 Å². The minimum absolute atomic E-state index is 0.0613. The van der Waals surface area contributed by atoms with Crippen molar-refractivity contribution in [1.82, 2.24) is 0 Å². The van der Waals surface area contributed by atoms with Crippen LogP contribution in [0.4, 0.5) is 58.4 Å². The predicted octanol–water partition coefficient (Wildman–Crippen LogP) is 6.25. The van der Waals surface area contributed by atoms with Gasteiger partial charge in [-0.3, -0.25) is 4.90 Å². The molecule has 0 aliphatic carbocycles. The molecule has 1 aromatic rings. The second-order valence-electron chi connectivity index (χ2n) is 6.47. The molecule has 2 N–H and O–H groups in total. The van der Waals surface area contributed by atoms with Crippen LogP contribution in [0.5, 0.6) is 0 Å². The Labute approximate surface area is 176 Å². The summed E-state index contributed by atoms with van der Waals surface area (Å²) in [6.07, 6.45) is -27.1. The Kier molecular flexibility index (Phi) is 6.23. The lowest BCUT2D eigenvalue weighted by molar-refractivity contribution is -0.306. The van der Waals surface area contributed by atoms with Gasteiger partial charge in [-0.2, -0.15) is 57.9 Å². The van der Waals surface area contributed by atoms with Gasteiger partial charge in [0.25, 0.3) is 0 Å². The predicted molar refractivity (Wildman–Crippen MR) is 88.6 cm³/mol. The smallest absolute Gasteiger partial charge is 0.384 e. The molecular formula is C18H9F12N3. The van der Waals surface area contributed by atoms with Crippen molar-refractivity contribution in [3.05, 3.63) is 65.1 Å². The number of alkyl halides is 12. The third-order valence-corrected chi connectivity index (χ3v) is 4.44. The summed E-state index contributed by atoms with van der Waals surface area (Å²) in [5, 5.41) is 9.10. The Bertz CT molecular complexity index is 1000. The summed E-state index contributed by atoms with van der Waals surface area (Å²) in [4.78, 5) is 0.0613. The van der Waals surface area contributed by atoms with E-state index in [0.29, 0.717) is 6.07 Å². The number of hydrogen-bond acceptors (Lipinski definition) is 3. The van der Waals surface area contributed by atoms with Gasteiger partial charge in [-0.1, -0.05) is 18.2 Å². The molecule has 0 saturated carbocycles. The molecule has 0 radical (unpaired) electrons. The molecule has 0 fully saturated rings. The molecule has 0 unspecified atom stereocenters. The third kappa shape index (κ3) is 4.46. The van der Waals surface area contributed by atoms with E-state index in [4.69, 9.17) is 11.0 Å². The standard InChI is InChI=1S/C18H9F12N3/c19-15(20,21)12(16(22,23)24)6-10-7-14(17(25,26)27,18(28,29)30)11(8-31)13(32)33(10)9-4-2-1-3-5-9/h1-7H,32H2. The molecule has 0 bridgehead atoms. The van der Waals surface area contributed by atoms with Crippen LogP contribution in [0.15, 0.2) is 65.1 Å². The lowest BCUT2D eigenvalue weighted by Gasteiger charge is -2.42. The highest BCUT2D eigenvalue weighted by molar-refractivity contribution is 5.67.